The standard InChI is InChI=1S/C23H25NO2/c1-24(2)21-19-15-9-10-16-20(19)26-22(25)23(21,17-11-5-3-6-12-17)18-13-7-4-8-14-18/h3-8,11-14,21H,9-10,15-16H2,1-2H3. The molecule has 1 heterocycles. The molecule has 0 saturated carbocycles. The predicted molar refractivity (Wildman–Crippen MR) is 103 cm³/mol. The third kappa shape index (κ3) is 2.50. The first-order chi connectivity index (χ1) is 12.7. The molecule has 3 nitrogen and oxygen atoms in total. The van der Waals surface area contributed by atoms with Crippen LogP contribution in [0.1, 0.15) is 36.8 Å². The Morgan fingerprint density at radius 3 is 1.96 bits per heavy atom. The summed E-state index contributed by atoms with van der Waals surface area (Å²) >= 11 is 0. The van der Waals surface area contributed by atoms with Crippen LogP contribution in [0.5, 0.6) is 0 Å². The zero-order chi connectivity index (χ0) is 18.1. The first-order valence-electron chi connectivity index (χ1n) is 9.37. The molecule has 0 bridgehead atoms. The monoisotopic (exact) mass is 347 g/mol. The Morgan fingerprint density at radius 2 is 1.42 bits per heavy atom. The van der Waals surface area contributed by atoms with Crippen LogP contribution < -0.4 is 0 Å². The van der Waals surface area contributed by atoms with Crippen molar-refractivity contribution in [3.8, 4) is 0 Å². The van der Waals surface area contributed by atoms with Crippen LogP contribution in [0.25, 0.3) is 0 Å². The molecule has 0 amide bonds. The van der Waals surface area contributed by atoms with Gasteiger partial charge in [-0.2, -0.15) is 0 Å². The lowest BCUT2D eigenvalue weighted by atomic mass is 9.64. The molecule has 0 radical (unpaired) electrons. The quantitative estimate of drug-likeness (QED) is 0.776. The van der Waals surface area contributed by atoms with Gasteiger partial charge in [-0.3, -0.25) is 4.79 Å². The Hall–Kier alpha value is -2.39. The van der Waals surface area contributed by atoms with E-state index in [0.717, 1.165) is 42.6 Å². The molecular weight excluding hydrogens is 322 g/mol. The fourth-order valence-corrected chi connectivity index (χ4v) is 4.69. The molecule has 1 unspecified atom stereocenters. The topological polar surface area (TPSA) is 29.5 Å². The summed E-state index contributed by atoms with van der Waals surface area (Å²) in [6, 6.07) is 20.2. The number of hydrogen-bond donors (Lipinski definition) is 0. The van der Waals surface area contributed by atoms with Crippen LogP contribution in [-0.4, -0.2) is 31.0 Å². The first-order valence-corrected chi connectivity index (χ1v) is 9.37. The third-order valence-corrected chi connectivity index (χ3v) is 5.71. The van der Waals surface area contributed by atoms with E-state index >= 15 is 0 Å². The number of allylic oxidation sites excluding steroid dienone is 1. The van der Waals surface area contributed by atoms with E-state index in [4.69, 9.17) is 4.74 Å². The molecule has 0 fully saturated rings. The molecular formula is C23H25NO2. The average molecular weight is 347 g/mol. The van der Waals surface area contributed by atoms with Crippen LogP contribution in [0.4, 0.5) is 0 Å². The summed E-state index contributed by atoms with van der Waals surface area (Å²) in [5, 5.41) is 0. The van der Waals surface area contributed by atoms with Gasteiger partial charge in [-0.25, -0.2) is 0 Å². The number of hydrogen-bond acceptors (Lipinski definition) is 3. The molecule has 1 aliphatic heterocycles. The smallest absolute Gasteiger partial charge is 0.328 e. The van der Waals surface area contributed by atoms with Crippen molar-refractivity contribution in [2.45, 2.75) is 37.1 Å². The van der Waals surface area contributed by atoms with Crippen LogP contribution in [0.2, 0.25) is 0 Å². The van der Waals surface area contributed by atoms with Crippen molar-refractivity contribution in [3.05, 3.63) is 83.1 Å². The van der Waals surface area contributed by atoms with E-state index in [9.17, 15) is 4.79 Å². The van der Waals surface area contributed by atoms with Gasteiger partial charge in [0.15, 0.2) is 0 Å². The molecule has 2 aliphatic rings. The van der Waals surface area contributed by atoms with Crippen LogP contribution in [0, 0.1) is 0 Å². The average Bonchev–Trinajstić information content (AvgIpc) is 2.68. The van der Waals surface area contributed by atoms with Crippen LogP contribution in [0.15, 0.2) is 72.0 Å². The minimum Gasteiger partial charge on any atom is -0.430 e. The number of benzene rings is 2. The number of carbonyl (C=O) groups is 1. The van der Waals surface area contributed by atoms with E-state index in [1.54, 1.807) is 0 Å². The minimum absolute atomic E-state index is 0.0381. The zero-order valence-electron chi connectivity index (χ0n) is 15.4. The fourth-order valence-electron chi connectivity index (χ4n) is 4.69. The lowest BCUT2D eigenvalue weighted by molar-refractivity contribution is -0.149. The van der Waals surface area contributed by atoms with Crippen molar-refractivity contribution in [3.63, 3.8) is 0 Å². The Bertz CT molecular complexity index is 784. The molecule has 134 valence electrons. The second-order valence-corrected chi connectivity index (χ2v) is 7.45. The van der Waals surface area contributed by atoms with E-state index in [0.29, 0.717) is 0 Å². The van der Waals surface area contributed by atoms with E-state index < -0.39 is 5.41 Å². The minimum atomic E-state index is -0.845. The number of carbonyl (C=O) groups excluding carboxylic acids is 1. The van der Waals surface area contributed by atoms with Gasteiger partial charge in [0.25, 0.3) is 0 Å². The largest absolute Gasteiger partial charge is 0.430 e. The van der Waals surface area contributed by atoms with Crippen molar-refractivity contribution in [2.75, 3.05) is 14.1 Å². The summed E-state index contributed by atoms with van der Waals surface area (Å²) in [5.41, 5.74) is 2.43. The molecule has 3 heteroatoms. The van der Waals surface area contributed by atoms with E-state index in [1.165, 1.54) is 5.57 Å². The summed E-state index contributed by atoms with van der Waals surface area (Å²) in [6.07, 6.45) is 4.11. The normalized spacial score (nSPS) is 22.1. The first kappa shape index (κ1) is 17.0. The lowest BCUT2D eigenvalue weighted by Gasteiger charge is -2.48. The van der Waals surface area contributed by atoms with Gasteiger partial charge in [-0.15, -0.1) is 0 Å². The molecule has 2 aromatic rings. The number of ether oxygens (including phenoxy) is 1. The molecule has 0 N–H and O–H groups in total. The molecule has 26 heavy (non-hydrogen) atoms. The molecule has 0 saturated heterocycles. The SMILES string of the molecule is CN(C)C1C2=C(CCCC2)OC(=O)C1(c1ccccc1)c1ccccc1. The van der Waals surface area contributed by atoms with Gasteiger partial charge in [-0.1, -0.05) is 60.7 Å². The van der Waals surface area contributed by atoms with E-state index in [1.807, 2.05) is 36.4 Å². The van der Waals surface area contributed by atoms with Gasteiger partial charge in [0.2, 0.25) is 0 Å². The van der Waals surface area contributed by atoms with Crippen molar-refractivity contribution in [1.82, 2.24) is 4.90 Å². The second-order valence-electron chi connectivity index (χ2n) is 7.45. The lowest BCUT2D eigenvalue weighted by Crippen LogP contribution is -2.58. The molecule has 4 rings (SSSR count). The second kappa shape index (κ2) is 6.73. The maximum absolute atomic E-state index is 13.6. The van der Waals surface area contributed by atoms with Gasteiger partial charge >= 0.3 is 5.97 Å². The van der Waals surface area contributed by atoms with Crippen LogP contribution >= 0.6 is 0 Å². The van der Waals surface area contributed by atoms with Crippen molar-refractivity contribution in [1.29, 1.82) is 0 Å². The Balaban J connectivity index is 2.03. The highest BCUT2D eigenvalue weighted by Crippen LogP contribution is 2.48. The zero-order valence-corrected chi connectivity index (χ0v) is 15.4. The summed E-state index contributed by atoms with van der Waals surface area (Å²) in [6.45, 7) is 0. The predicted octanol–water partition coefficient (Wildman–Crippen LogP) is 4.29. The number of nitrogens with zero attached hydrogens (tertiary/aromatic N) is 1. The third-order valence-electron chi connectivity index (χ3n) is 5.71. The van der Waals surface area contributed by atoms with Crippen molar-refractivity contribution in [2.24, 2.45) is 0 Å². The van der Waals surface area contributed by atoms with Gasteiger partial charge in [0.1, 0.15) is 11.2 Å². The van der Waals surface area contributed by atoms with E-state index in [2.05, 4.69) is 43.3 Å². The summed E-state index contributed by atoms with van der Waals surface area (Å²) in [4.78, 5) is 15.8. The molecule has 1 aliphatic carbocycles. The number of esters is 1. The Kier molecular flexibility index (Phi) is 4.41. The van der Waals surface area contributed by atoms with Crippen molar-refractivity contribution >= 4 is 5.97 Å². The van der Waals surface area contributed by atoms with E-state index in [-0.39, 0.29) is 12.0 Å². The fraction of sp³-hybridized carbons (Fsp3) is 0.348. The Labute approximate surface area is 155 Å². The molecule has 1 atom stereocenters. The van der Waals surface area contributed by atoms with Gasteiger partial charge in [0.05, 0.1) is 6.04 Å². The Morgan fingerprint density at radius 1 is 0.885 bits per heavy atom. The van der Waals surface area contributed by atoms with Crippen molar-refractivity contribution < 1.29 is 9.53 Å². The maximum Gasteiger partial charge on any atom is 0.328 e. The molecule has 2 aromatic carbocycles. The van der Waals surface area contributed by atoms with Gasteiger partial charge < -0.3 is 9.64 Å². The summed E-state index contributed by atoms with van der Waals surface area (Å²) in [7, 11) is 4.15. The van der Waals surface area contributed by atoms with Crippen LogP contribution in [-0.2, 0) is 14.9 Å². The van der Waals surface area contributed by atoms with Crippen LogP contribution in [0.3, 0.4) is 0 Å². The summed E-state index contributed by atoms with van der Waals surface area (Å²) in [5.74, 6) is 0.747. The summed E-state index contributed by atoms with van der Waals surface area (Å²) < 4.78 is 6.01. The molecule has 0 aromatic heterocycles. The molecule has 0 spiro atoms. The van der Waals surface area contributed by atoms with Gasteiger partial charge in [-0.05, 0) is 50.1 Å². The number of likely N-dealkylation sites (N-methyl/N-ethyl adjacent to an activating group) is 1. The highest BCUT2D eigenvalue weighted by atomic mass is 16.5. The highest BCUT2D eigenvalue weighted by molar-refractivity contribution is 5.91. The maximum atomic E-state index is 13.6. The highest BCUT2D eigenvalue weighted by Gasteiger charge is 2.56. The van der Waals surface area contributed by atoms with Gasteiger partial charge in [0, 0.05) is 6.42 Å². The number of rotatable bonds is 3.